The number of hydrogen-bond acceptors (Lipinski definition) is 3. The lowest BCUT2D eigenvalue weighted by Gasteiger charge is -2.09. The fourth-order valence-electron chi connectivity index (χ4n) is 2.53. The van der Waals surface area contributed by atoms with Gasteiger partial charge >= 0.3 is 0 Å². The van der Waals surface area contributed by atoms with E-state index in [0.29, 0.717) is 29.7 Å². The number of alkyl halides is 1. The Bertz CT molecular complexity index is 709. The van der Waals surface area contributed by atoms with Crippen LogP contribution in [0.1, 0.15) is 30.4 Å². The molecular formula is C17H18FNO3. The Balaban J connectivity index is 2.47. The number of nitrogens with one attached hydrogen (secondary N) is 1. The molecule has 0 aliphatic heterocycles. The van der Waals surface area contributed by atoms with Crippen LogP contribution < -0.4 is 10.3 Å². The highest BCUT2D eigenvalue weighted by Crippen LogP contribution is 2.25. The number of H-pyrrole nitrogens is 1. The first-order valence-electron chi connectivity index (χ1n) is 7.26. The second-order valence-electron chi connectivity index (χ2n) is 5.04. The van der Waals surface area contributed by atoms with Gasteiger partial charge in [-0.25, -0.2) is 0 Å². The van der Waals surface area contributed by atoms with E-state index in [-0.39, 0.29) is 18.7 Å². The van der Waals surface area contributed by atoms with Gasteiger partial charge in [0.1, 0.15) is 6.29 Å². The highest BCUT2D eigenvalue weighted by molar-refractivity contribution is 5.86. The first-order chi connectivity index (χ1) is 10.7. The van der Waals surface area contributed by atoms with Gasteiger partial charge in [0, 0.05) is 18.1 Å². The summed E-state index contributed by atoms with van der Waals surface area (Å²) in [5, 5.41) is 0.734. The Morgan fingerprint density at radius 3 is 2.82 bits per heavy atom. The second kappa shape index (κ2) is 7.60. The van der Waals surface area contributed by atoms with Gasteiger partial charge in [-0.05, 0) is 30.9 Å². The lowest BCUT2D eigenvalue weighted by Crippen LogP contribution is -2.09. The summed E-state index contributed by atoms with van der Waals surface area (Å²) in [4.78, 5) is 25.5. The molecule has 22 heavy (non-hydrogen) atoms. The number of ether oxygens (including phenoxy) is 1. The lowest BCUT2D eigenvalue weighted by atomic mass is 10.0. The van der Waals surface area contributed by atoms with Crippen LogP contribution in [0, 0.1) is 12.1 Å². The van der Waals surface area contributed by atoms with Crippen LogP contribution in [0.3, 0.4) is 0 Å². The van der Waals surface area contributed by atoms with Gasteiger partial charge in [-0.2, -0.15) is 0 Å². The SMILES string of the molecule is COc1c#cc2c(CCCCCF)cc(=O)[nH]c2c1CC=O. The average molecular weight is 303 g/mol. The number of pyridine rings is 1. The first kappa shape index (κ1) is 16.0. The van der Waals surface area contributed by atoms with Crippen LogP contribution in [0.25, 0.3) is 10.9 Å². The third-order valence-corrected chi connectivity index (χ3v) is 3.57. The summed E-state index contributed by atoms with van der Waals surface area (Å²) in [7, 11) is 1.48. The maximum absolute atomic E-state index is 12.1. The topological polar surface area (TPSA) is 59.2 Å². The van der Waals surface area contributed by atoms with E-state index >= 15 is 0 Å². The molecule has 0 fully saturated rings. The van der Waals surface area contributed by atoms with Crippen molar-refractivity contribution in [1.29, 1.82) is 0 Å². The number of aldehydes is 1. The summed E-state index contributed by atoms with van der Waals surface area (Å²) in [6, 6.07) is 7.41. The van der Waals surface area contributed by atoms with Gasteiger partial charge in [-0.15, -0.1) is 0 Å². The summed E-state index contributed by atoms with van der Waals surface area (Å²) >= 11 is 0. The van der Waals surface area contributed by atoms with Gasteiger partial charge in [0.25, 0.3) is 0 Å². The second-order valence-corrected chi connectivity index (χ2v) is 5.04. The standard InChI is InChI=1S/C17H18FNO3/c1-22-15-7-6-13-12(5-3-2-4-9-18)11-16(21)19-17(13)14(15)8-10-20/h10-11H,2-5,8-9H2,1H3,(H,19,21). The molecule has 0 atom stereocenters. The van der Waals surface area contributed by atoms with Crippen molar-refractivity contribution in [2.45, 2.75) is 32.1 Å². The summed E-state index contributed by atoms with van der Waals surface area (Å²) in [5.74, 6) is 0.407. The first-order valence-corrected chi connectivity index (χ1v) is 7.26. The molecule has 0 aliphatic carbocycles. The Morgan fingerprint density at radius 1 is 1.32 bits per heavy atom. The molecule has 1 N–H and O–H groups in total. The van der Waals surface area contributed by atoms with Crippen molar-refractivity contribution in [3.63, 3.8) is 0 Å². The Kier molecular flexibility index (Phi) is 5.54. The van der Waals surface area contributed by atoms with Crippen LogP contribution in [-0.4, -0.2) is 25.1 Å². The van der Waals surface area contributed by atoms with E-state index in [4.69, 9.17) is 4.74 Å². The molecule has 4 nitrogen and oxygen atoms in total. The molecule has 1 heterocycles. The van der Waals surface area contributed by atoms with Gasteiger partial charge in [-0.1, -0.05) is 12.5 Å². The van der Waals surface area contributed by atoms with Crippen LogP contribution in [0.2, 0.25) is 0 Å². The highest BCUT2D eigenvalue weighted by Gasteiger charge is 2.12. The molecular weight excluding hydrogens is 285 g/mol. The van der Waals surface area contributed by atoms with E-state index in [1.807, 2.05) is 0 Å². The van der Waals surface area contributed by atoms with Crippen LogP contribution in [0.4, 0.5) is 4.39 Å². The number of halogens is 1. The lowest BCUT2D eigenvalue weighted by molar-refractivity contribution is -0.107. The number of aromatic amines is 1. The van der Waals surface area contributed by atoms with Gasteiger partial charge in [0.15, 0.2) is 5.75 Å². The molecule has 1 aromatic heterocycles. The fraction of sp³-hybridized carbons (Fsp3) is 0.412. The summed E-state index contributed by atoms with van der Waals surface area (Å²) in [6.45, 7) is -0.323. The number of aryl methyl sites for hydroxylation is 1. The predicted octanol–water partition coefficient (Wildman–Crippen LogP) is 2.56. The molecule has 5 heteroatoms. The molecule has 1 aromatic carbocycles. The van der Waals surface area contributed by atoms with Crippen LogP contribution >= 0.6 is 0 Å². The summed E-state index contributed by atoms with van der Waals surface area (Å²) < 4.78 is 17.3. The molecule has 0 bridgehead atoms. The number of methoxy groups -OCH3 is 1. The van der Waals surface area contributed by atoms with E-state index < -0.39 is 0 Å². The molecule has 0 radical (unpaired) electrons. The molecule has 0 spiro atoms. The normalized spacial score (nSPS) is 10.5. The van der Waals surface area contributed by atoms with Crippen molar-refractivity contribution in [3.05, 3.63) is 39.7 Å². The number of aromatic nitrogens is 1. The van der Waals surface area contributed by atoms with Crippen LogP contribution in [0.15, 0.2) is 10.9 Å². The molecule has 0 saturated heterocycles. The van der Waals surface area contributed by atoms with E-state index in [2.05, 4.69) is 17.1 Å². The quantitative estimate of drug-likeness (QED) is 0.602. The zero-order valence-corrected chi connectivity index (χ0v) is 12.5. The number of fused-ring (bicyclic) bond motifs is 1. The number of carbonyl (C=O) groups is 1. The van der Waals surface area contributed by atoms with E-state index in [9.17, 15) is 14.0 Å². The number of carbonyl (C=O) groups excluding carboxylic acids is 1. The smallest absolute Gasteiger partial charge is 0.248 e. The maximum Gasteiger partial charge on any atom is 0.248 e. The van der Waals surface area contributed by atoms with Gasteiger partial charge < -0.3 is 14.5 Å². The van der Waals surface area contributed by atoms with E-state index in [1.54, 1.807) is 0 Å². The molecule has 0 unspecified atom stereocenters. The van der Waals surface area contributed by atoms with Gasteiger partial charge in [0.05, 0.1) is 24.7 Å². The summed E-state index contributed by atoms with van der Waals surface area (Å²) in [5.41, 5.74) is 1.77. The molecule has 2 rings (SSSR count). The molecule has 2 aromatic rings. The van der Waals surface area contributed by atoms with Crippen molar-refractivity contribution in [2.75, 3.05) is 13.8 Å². The van der Waals surface area contributed by atoms with Crippen molar-refractivity contribution in [1.82, 2.24) is 4.98 Å². The van der Waals surface area contributed by atoms with Crippen molar-refractivity contribution < 1.29 is 13.9 Å². The zero-order chi connectivity index (χ0) is 15.9. The fourth-order valence-corrected chi connectivity index (χ4v) is 2.53. The van der Waals surface area contributed by atoms with Crippen LogP contribution in [0.5, 0.6) is 5.75 Å². The van der Waals surface area contributed by atoms with Crippen molar-refractivity contribution >= 4 is 17.2 Å². The third-order valence-electron chi connectivity index (χ3n) is 3.57. The minimum Gasteiger partial charge on any atom is -0.488 e. The Morgan fingerprint density at radius 2 is 2.14 bits per heavy atom. The molecule has 116 valence electrons. The van der Waals surface area contributed by atoms with E-state index in [1.165, 1.54) is 13.2 Å². The average Bonchev–Trinajstić information content (AvgIpc) is 2.52. The van der Waals surface area contributed by atoms with Crippen molar-refractivity contribution in [3.8, 4) is 5.75 Å². The van der Waals surface area contributed by atoms with Gasteiger partial charge in [0.2, 0.25) is 5.56 Å². The summed E-state index contributed by atoms with van der Waals surface area (Å²) in [6.07, 6.45) is 3.65. The monoisotopic (exact) mass is 303 g/mol. The van der Waals surface area contributed by atoms with Gasteiger partial charge in [-0.3, -0.25) is 9.18 Å². The predicted molar refractivity (Wildman–Crippen MR) is 82.1 cm³/mol. The molecule has 0 amide bonds. The van der Waals surface area contributed by atoms with Crippen LogP contribution in [-0.2, 0) is 17.6 Å². The third kappa shape index (κ3) is 3.45. The Labute approximate surface area is 128 Å². The number of unbranched alkanes of at least 4 members (excludes halogenated alkanes) is 2. The zero-order valence-electron chi connectivity index (χ0n) is 12.5. The van der Waals surface area contributed by atoms with E-state index in [0.717, 1.165) is 30.1 Å². The number of rotatable bonds is 8. The maximum atomic E-state index is 12.1. The largest absolute Gasteiger partial charge is 0.488 e. The van der Waals surface area contributed by atoms with Crippen molar-refractivity contribution in [2.24, 2.45) is 0 Å². The minimum atomic E-state index is -0.323. The molecule has 0 saturated carbocycles. The Hall–Kier alpha value is -2.35. The molecule has 0 aliphatic rings. The number of hydrogen-bond donors (Lipinski definition) is 1. The minimum absolute atomic E-state index is 0.131. The highest BCUT2D eigenvalue weighted by atomic mass is 19.1.